The molecule has 26 heavy (non-hydrogen) atoms. The molecule has 3 rings (SSSR count). The van der Waals surface area contributed by atoms with E-state index in [-0.39, 0.29) is 17.6 Å². The molecule has 0 bridgehead atoms. The van der Waals surface area contributed by atoms with Crippen LogP contribution in [0.5, 0.6) is 0 Å². The molecule has 1 amide bonds. The molecule has 0 heterocycles. The standard InChI is InChI=1S/C22H30N2O2/c1-4-8-21-20-12-19(23-14-17-9-6-5-7-10-17)11-18(20)13-22(21,15(2)25)24-16(3)26/h4-7,9-10,18-21,23H,1,8,11-14H2,2-3H3,(H,24,26)/t18-,19?,20-,21?,22?/m1/s1. The third-order valence-electron chi connectivity index (χ3n) is 6.37. The van der Waals surface area contributed by atoms with Gasteiger partial charge in [-0.2, -0.15) is 0 Å². The first-order valence-electron chi connectivity index (χ1n) is 9.64. The molecule has 2 saturated carbocycles. The van der Waals surface area contributed by atoms with Crippen molar-refractivity contribution in [2.45, 2.75) is 57.7 Å². The van der Waals surface area contributed by atoms with Crippen molar-refractivity contribution >= 4 is 11.7 Å². The Morgan fingerprint density at radius 3 is 2.58 bits per heavy atom. The number of hydrogen-bond donors (Lipinski definition) is 2. The zero-order chi connectivity index (χ0) is 18.7. The van der Waals surface area contributed by atoms with Gasteiger partial charge in [0.15, 0.2) is 5.78 Å². The first kappa shape index (κ1) is 18.8. The van der Waals surface area contributed by atoms with Crippen molar-refractivity contribution in [3.8, 4) is 0 Å². The Morgan fingerprint density at radius 2 is 1.96 bits per heavy atom. The predicted molar refractivity (Wildman–Crippen MR) is 103 cm³/mol. The predicted octanol–water partition coefficient (Wildman–Crippen LogP) is 3.23. The first-order valence-corrected chi connectivity index (χ1v) is 9.64. The van der Waals surface area contributed by atoms with Gasteiger partial charge in [0.1, 0.15) is 5.54 Å². The van der Waals surface area contributed by atoms with Crippen LogP contribution >= 0.6 is 0 Å². The Hall–Kier alpha value is -1.94. The number of fused-ring (bicyclic) bond motifs is 1. The maximum Gasteiger partial charge on any atom is 0.217 e. The number of benzene rings is 1. The van der Waals surface area contributed by atoms with Crippen LogP contribution in [0.25, 0.3) is 0 Å². The Labute approximate surface area is 156 Å². The number of ketones is 1. The Kier molecular flexibility index (Phi) is 5.61. The van der Waals surface area contributed by atoms with Gasteiger partial charge in [0.2, 0.25) is 5.91 Å². The van der Waals surface area contributed by atoms with Gasteiger partial charge in [0.25, 0.3) is 0 Å². The van der Waals surface area contributed by atoms with E-state index in [1.165, 1.54) is 12.5 Å². The molecule has 4 heteroatoms. The van der Waals surface area contributed by atoms with Gasteiger partial charge in [0, 0.05) is 19.5 Å². The summed E-state index contributed by atoms with van der Waals surface area (Å²) in [6.45, 7) is 7.90. The second kappa shape index (κ2) is 7.75. The lowest BCUT2D eigenvalue weighted by Gasteiger charge is -2.36. The maximum atomic E-state index is 12.5. The van der Waals surface area contributed by atoms with Gasteiger partial charge in [-0.1, -0.05) is 36.4 Å². The van der Waals surface area contributed by atoms with E-state index in [1.807, 2.05) is 12.1 Å². The van der Waals surface area contributed by atoms with E-state index in [1.54, 1.807) is 6.92 Å². The van der Waals surface area contributed by atoms with Gasteiger partial charge in [-0.15, -0.1) is 6.58 Å². The molecule has 2 fully saturated rings. The Balaban J connectivity index is 1.70. The number of carbonyl (C=O) groups is 2. The number of amides is 1. The zero-order valence-corrected chi connectivity index (χ0v) is 15.8. The lowest BCUT2D eigenvalue weighted by molar-refractivity contribution is -0.131. The first-order chi connectivity index (χ1) is 12.5. The third-order valence-corrected chi connectivity index (χ3v) is 6.37. The van der Waals surface area contributed by atoms with Crippen LogP contribution in [0, 0.1) is 17.8 Å². The van der Waals surface area contributed by atoms with Gasteiger partial charge < -0.3 is 10.6 Å². The smallest absolute Gasteiger partial charge is 0.217 e. The highest BCUT2D eigenvalue weighted by Crippen LogP contribution is 2.54. The van der Waals surface area contributed by atoms with Gasteiger partial charge in [0.05, 0.1) is 0 Å². The summed E-state index contributed by atoms with van der Waals surface area (Å²) in [5.74, 6) is 1.05. The molecular formula is C22H30N2O2. The van der Waals surface area contributed by atoms with E-state index in [4.69, 9.17) is 0 Å². The summed E-state index contributed by atoms with van der Waals surface area (Å²) >= 11 is 0. The highest BCUT2D eigenvalue weighted by molar-refractivity contribution is 5.91. The minimum atomic E-state index is -0.709. The number of nitrogens with one attached hydrogen (secondary N) is 2. The molecule has 0 spiro atoms. The van der Waals surface area contributed by atoms with Crippen molar-refractivity contribution in [1.82, 2.24) is 10.6 Å². The monoisotopic (exact) mass is 354 g/mol. The molecule has 140 valence electrons. The van der Waals surface area contributed by atoms with Crippen molar-refractivity contribution in [3.63, 3.8) is 0 Å². The van der Waals surface area contributed by atoms with Crippen LogP contribution in [-0.2, 0) is 16.1 Å². The average molecular weight is 354 g/mol. The topological polar surface area (TPSA) is 58.2 Å². The van der Waals surface area contributed by atoms with Crippen LogP contribution in [0.4, 0.5) is 0 Å². The fourth-order valence-electron chi connectivity index (χ4n) is 5.35. The number of hydrogen-bond acceptors (Lipinski definition) is 3. The summed E-state index contributed by atoms with van der Waals surface area (Å²) in [7, 11) is 0. The average Bonchev–Trinajstić information content (AvgIpc) is 3.11. The van der Waals surface area contributed by atoms with Crippen molar-refractivity contribution in [2.24, 2.45) is 17.8 Å². The number of Topliss-reactive ketones (excluding diaryl/α,β-unsaturated/α-hetero) is 1. The van der Waals surface area contributed by atoms with Crippen molar-refractivity contribution < 1.29 is 9.59 Å². The normalized spacial score (nSPS) is 32.8. The molecule has 0 saturated heterocycles. The van der Waals surface area contributed by atoms with Gasteiger partial charge in [-0.05, 0) is 55.9 Å². The molecule has 5 atom stereocenters. The summed E-state index contributed by atoms with van der Waals surface area (Å²) in [4.78, 5) is 24.3. The molecule has 0 radical (unpaired) electrons. The Morgan fingerprint density at radius 1 is 1.23 bits per heavy atom. The summed E-state index contributed by atoms with van der Waals surface area (Å²) in [6, 6.07) is 10.9. The molecule has 4 nitrogen and oxygen atoms in total. The third kappa shape index (κ3) is 3.61. The number of rotatable bonds is 7. The van der Waals surface area contributed by atoms with Crippen LogP contribution in [0.1, 0.15) is 45.1 Å². The van der Waals surface area contributed by atoms with E-state index < -0.39 is 5.54 Å². The van der Waals surface area contributed by atoms with E-state index in [0.29, 0.717) is 17.9 Å². The lowest BCUT2D eigenvalue weighted by atomic mass is 9.77. The fourth-order valence-corrected chi connectivity index (χ4v) is 5.35. The minimum absolute atomic E-state index is 0.0859. The molecule has 1 aromatic carbocycles. The van der Waals surface area contributed by atoms with Gasteiger partial charge >= 0.3 is 0 Å². The van der Waals surface area contributed by atoms with E-state index in [9.17, 15) is 9.59 Å². The second-order valence-corrected chi connectivity index (χ2v) is 8.00. The minimum Gasteiger partial charge on any atom is -0.344 e. The van der Waals surface area contributed by atoms with E-state index in [2.05, 4.69) is 41.5 Å². The van der Waals surface area contributed by atoms with Crippen LogP contribution in [0.15, 0.2) is 43.0 Å². The van der Waals surface area contributed by atoms with E-state index in [0.717, 1.165) is 32.2 Å². The van der Waals surface area contributed by atoms with Crippen molar-refractivity contribution in [2.75, 3.05) is 0 Å². The highest BCUT2D eigenvalue weighted by Gasteiger charge is 2.58. The second-order valence-electron chi connectivity index (χ2n) is 8.00. The quantitative estimate of drug-likeness (QED) is 0.739. The van der Waals surface area contributed by atoms with Gasteiger partial charge in [-0.25, -0.2) is 0 Å². The summed E-state index contributed by atoms with van der Waals surface area (Å²) in [5, 5.41) is 6.72. The van der Waals surface area contributed by atoms with E-state index >= 15 is 0 Å². The summed E-state index contributed by atoms with van der Waals surface area (Å²) in [5.41, 5.74) is 0.586. The molecule has 2 N–H and O–H groups in total. The SMILES string of the molecule is C=CCC1[C@@H]2CC(NCc3ccccc3)C[C@@H]2CC1(NC(C)=O)C(C)=O. The van der Waals surface area contributed by atoms with Gasteiger partial charge in [-0.3, -0.25) is 9.59 Å². The molecule has 1 aromatic rings. The molecule has 2 aliphatic rings. The van der Waals surface area contributed by atoms with Crippen LogP contribution < -0.4 is 10.6 Å². The zero-order valence-electron chi connectivity index (χ0n) is 15.8. The van der Waals surface area contributed by atoms with Crippen LogP contribution in [-0.4, -0.2) is 23.3 Å². The van der Waals surface area contributed by atoms with Crippen molar-refractivity contribution in [1.29, 1.82) is 0 Å². The number of allylic oxidation sites excluding steroid dienone is 1. The largest absolute Gasteiger partial charge is 0.344 e. The van der Waals surface area contributed by atoms with Crippen LogP contribution in [0.2, 0.25) is 0 Å². The Bertz CT molecular complexity index is 672. The summed E-state index contributed by atoms with van der Waals surface area (Å²) < 4.78 is 0. The van der Waals surface area contributed by atoms with Crippen LogP contribution in [0.3, 0.4) is 0 Å². The molecule has 0 aromatic heterocycles. The summed E-state index contributed by atoms with van der Waals surface area (Å²) in [6.07, 6.45) is 5.56. The number of carbonyl (C=O) groups excluding carboxylic acids is 2. The molecule has 0 aliphatic heterocycles. The molecular weight excluding hydrogens is 324 g/mol. The maximum absolute atomic E-state index is 12.5. The molecule has 3 unspecified atom stereocenters. The highest BCUT2D eigenvalue weighted by atomic mass is 16.2. The fraction of sp³-hybridized carbons (Fsp3) is 0.545. The lowest BCUT2D eigenvalue weighted by Crippen LogP contribution is -2.56. The van der Waals surface area contributed by atoms with Crippen molar-refractivity contribution in [3.05, 3.63) is 48.6 Å². The molecule has 2 aliphatic carbocycles.